The minimum atomic E-state index is -0.300. The lowest BCUT2D eigenvalue weighted by atomic mass is 9.81. The molecule has 2 aromatic carbocycles. The molecule has 0 spiro atoms. The van der Waals surface area contributed by atoms with Crippen LogP contribution in [0.25, 0.3) is 11.1 Å². The molecule has 4 heteroatoms. The zero-order chi connectivity index (χ0) is 27.2. The lowest BCUT2D eigenvalue weighted by Gasteiger charge is -2.25. The van der Waals surface area contributed by atoms with Gasteiger partial charge in [0.25, 0.3) is 0 Å². The second kappa shape index (κ2) is 15.9. The summed E-state index contributed by atoms with van der Waals surface area (Å²) in [7, 11) is 3.35. The summed E-state index contributed by atoms with van der Waals surface area (Å²) in [5.41, 5.74) is 3.78. The van der Waals surface area contributed by atoms with Gasteiger partial charge in [0, 0.05) is 35.6 Å². The third kappa shape index (κ3) is 8.11. The summed E-state index contributed by atoms with van der Waals surface area (Å²) in [6.45, 7) is 6.23. The van der Waals surface area contributed by atoms with Crippen LogP contribution in [0.4, 0.5) is 0 Å². The fourth-order valence-corrected chi connectivity index (χ4v) is 5.24. The molecule has 0 fully saturated rings. The molecule has 1 heterocycles. The summed E-state index contributed by atoms with van der Waals surface area (Å²) in [5.74, 6) is 2.27. The minimum absolute atomic E-state index is 0.0301. The Morgan fingerprint density at radius 3 is 2.26 bits per heavy atom. The quantitative estimate of drug-likeness (QED) is 0.133. The Hall–Kier alpha value is -3.27. The van der Waals surface area contributed by atoms with Crippen molar-refractivity contribution in [2.24, 2.45) is 0 Å². The molecule has 0 amide bonds. The highest BCUT2D eigenvalue weighted by Crippen LogP contribution is 2.42. The smallest absolute Gasteiger partial charge is 0.336 e. The topological polar surface area (TPSA) is 48.7 Å². The first-order chi connectivity index (χ1) is 18.6. The number of hydrogen-bond donors (Lipinski definition) is 0. The predicted molar refractivity (Wildman–Crippen MR) is 158 cm³/mol. The maximum atomic E-state index is 12.8. The number of aryl methyl sites for hydroxylation is 1. The molecule has 4 nitrogen and oxygen atoms in total. The molecule has 0 saturated heterocycles. The van der Waals surface area contributed by atoms with Crippen LogP contribution in [0.15, 0.2) is 76.5 Å². The number of rotatable bonds is 17. The Balaban J connectivity index is 2.03. The van der Waals surface area contributed by atoms with Gasteiger partial charge in [-0.15, -0.1) is 6.58 Å². The fraction of sp³-hybridized carbons (Fsp3) is 0.441. The molecule has 0 bridgehead atoms. The molecule has 0 aliphatic rings. The lowest BCUT2D eigenvalue weighted by Crippen LogP contribution is -2.13. The van der Waals surface area contributed by atoms with Gasteiger partial charge in [0.05, 0.1) is 14.2 Å². The van der Waals surface area contributed by atoms with Gasteiger partial charge in [0.15, 0.2) is 0 Å². The maximum absolute atomic E-state index is 12.8. The lowest BCUT2D eigenvalue weighted by molar-refractivity contribution is 0.388. The average Bonchev–Trinajstić information content (AvgIpc) is 2.95. The van der Waals surface area contributed by atoms with Crippen LogP contribution >= 0.6 is 0 Å². The van der Waals surface area contributed by atoms with E-state index in [-0.39, 0.29) is 11.5 Å². The Labute approximate surface area is 228 Å². The van der Waals surface area contributed by atoms with E-state index in [4.69, 9.17) is 13.9 Å². The van der Waals surface area contributed by atoms with Crippen LogP contribution in [0.1, 0.15) is 93.9 Å². The zero-order valence-electron chi connectivity index (χ0n) is 23.5. The number of allylic oxidation sites excluding steroid dienone is 1. The Bertz CT molecular complexity index is 1180. The first-order valence-electron chi connectivity index (χ1n) is 14.2. The van der Waals surface area contributed by atoms with Crippen molar-refractivity contribution in [3.63, 3.8) is 0 Å². The van der Waals surface area contributed by atoms with Crippen molar-refractivity contribution in [3.8, 4) is 22.6 Å². The van der Waals surface area contributed by atoms with E-state index in [0.717, 1.165) is 71.6 Å². The molecule has 1 atom stereocenters. The van der Waals surface area contributed by atoms with Crippen molar-refractivity contribution in [2.75, 3.05) is 14.2 Å². The van der Waals surface area contributed by atoms with Crippen LogP contribution in [0.5, 0.6) is 11.5 Å². The molecule has 1 unspecified atom stereocenters. The number of unbranched alkanes of at least 4 members (excludes halogenated alkanes) is 7. The summed E-state index contributed by atoms with van der Waals surface area (Å²) in [4.78, 5) is 12.8. The highest BCUT2D eigenvalue weighted by Gasteiger charge is 2.26. The molecule has 1 aromatic heterocycles. The van der Waals surface area contributed by atoms with E-state index >= 15 is 0 Å². The largest absolute Gasteiger partial charge is 0.497 e. The van der Waals surface area contributed by atoms with E-state index in [9.17, 15) is 4.79 Å². The first-order valence-corrected chi connectivity index (χ1v) is 14.2. The number of benzene rings is 2. The molecule has 0 aliphatic carbocycles. The molecule has 3 rings (SSSR count). The van der Waals surface area contributed by atoms with Crippen LogP contribution in [0, 0.1) is 0 Å². The SMILES string of the molecule is C=CCCC(c1ccc(OC)cc1OC)c1c(-c2ccccc2)cc(=O)oc1CCCCCCCCCC. The van der Waals surface area contributed by atoms with Gasteiger partial charge in [-0.1, -0.05) is 94.3 Å². The summed E-state index contributed by atoms with van der Waals surface area (Å²) < 4.78 is 17.3. The Morgan fingerprint density at radius 1 is 0.895 bits per heavy atom. The van der Waals surface area contributed by atoms with Gasteiger partial charge in [0.2, 0.25) is 0 Å². The van der Waals surface area contributed by atoms with Crippen LogP contribution in [-0.2, 0) is 6.42 Å². The Kier molecular flexibility index (Phi) is 12.2. The van der Waals surface area contributed by atoms with Crippen LogP contribution < -0.4 is 15.1 Å². The highest BCUT2D eigenvalue weighted by molar-refractivity contribution is 5.69. The predicted octanol–water partition coefficient (Wildman–Crippen LogP) is 9.11. The van der Waals surface area contributed by atoms with Gasteiger partial charge in [-0.3, -0.25) is 0 Å². The third-order valence-electron chi connectivity index (χ3n) is 7.24. The van der Waals surface area contributed by atoms with Crippen molar-refractivity contribution in [1.82, 2.24) is 0 Å². The molecule has 0 radical (unpaired) electrons. The molecule has 204 valence electrons. The number of ether oxygens (including phenoxy) is 2. The Morgan fingerprint density at radius 2 is 1.61 bits per heavy atom. The second-order valence-corrected chi connectivity index (χ2v) is 9.93. The van der Waals surface area contributed by atoms with Gasteiger partial charge in [-0.05, 0) is 36.5 Å². The van der Waals surface area contributed by atoms with Crippen molar-refractivity contribution in [2.45, 2.75) is 83.5 Å². The fourth-order valence-electron chi connectivity index (χ4n) is 5.24. The van der Waals surface area contributed by atoms with E-state index < -0.39 is 0 Å². The molecule has 0 aliphatic heterocycles. The van der Waals surface area contributed by atoms with E-state index in [0.29, 0.717) is 0 Å². The van der Waals surface area contributed by atoms with Crippen LogP contribution in [-0.4, -0.2) is 14.2 Å². The van der Waals surface area contributed by atoms with E-state index in [1.165, 1.54) is 38.5 Å². The summed E-state index contributed by atoms with van der Waals surface area (Å²) in [5, 5.41) is 0. The number of methoxy groups -OCH3 is 2. The second-order valence-electron chi connectivity index (χ2n) is 9.93. The van der Waals surface area contributed by atoms with Gasteiger partial charge >= 0.3 is 5.63 Å². The maximum Gasteiger partial charge on any atom is 0.336 e. The standard InChI is InChI=1S/C34H44O4/c1-5-7-9-10-11-12-13-17-21-31-34(30(25-33(35)38-31)26-18-15-14-16-19-26)29(20-8-6-2)28-23-22-27(36-3)24-32(28)37-4/h6,14-16,18-19,22-25,29H,2,5,7-13,17,20-21H2,1,3-4H3. The van der Waals surface area contributed by atoms with Gasteiger partial charge in [0.1, 0.15) is 17.3 Å². The molecule has 0 N–H and O–H groups in total. The normalized spacial score (nSPS) is 11.8. The van der Waals surface area contributed by atoms with E-state index in [2.05, 4.69) is 31.7 Å². The summed E-state index contributed by atoms with van der Waals surface area (Å²) in [6.07, 6.45) is 14.2. The summed E-state index contributed by atoms with van der Waals surface area (Å²) in [6, 6.07) is 17.8. The van der Waals surface area contributed by atoms with Gasteiger partial charge in [-0.25, -0.2) is 4.79 Å². The van der Waals surface area contributed by atoms with Crippen molar-refractivity contribution < 1.29 is 13.9 Å². The molecule has 38 heavy (non-hydrogen) atoms. The molecular weight excluding hydrogens is 472 g/mol. The van der Waals surface area contributed by atoms with Gasteiger partial charge in [-0.2, -0.15) is 0 Å². The average molecular weight is 517 g/mol. The van der Waals surface area contributed by atoms with E-state index in [1.807, 2.05) is 36.4 Å². The van der Waals surface area contributed by atoms with E-state index in [1.54, 1.807) is 20.3 Å². The minimum Gasteiger partial charge on any atom is -0.497 e. The molecule has 3 aromatic rings. The summed E-state index contributed by atoms with van der Waals surface area (Å²) >= 11 is 0. The van der Waals surface area contributed by atoms with Gasteiger partial charge < -0.3 is 13.9 Å². The zero-order valence-corrected chi connectivity index (χ0v) is 23.5. The monoisotopic (exact) mass is 516 g/mol. The van der Waals surface area contributed by atoms with Crippen molar-refractivity contribution in [1.29, 1.82) is 0 Å². The first kappa shape index (κ1) is 29.3. The molecular formula is C34H44O4. The van der Waals surface area contributed by atoms with Crippen LogP contribution in [0.2, 0.25) is 0 Å². The highest BCUT2D eigenvalue weighted by atomic mass is 16.5. The third-order valence-corrected chi connectivity index (χ3v) is 7.24. The van der Waals surface area contributed by atoms with Crippen molar-refractivity contribution >= 4 is 0 Å². The van der Waals surface area contributed by atoms with Crippen molar-refractivity contribution in [3.05, 3.63) is 94.6 Å². The number of hydrogen-bond acceptors (Lipinski definition) is 4. The molecule has 0 saturated carbocycles. The van der Waals surface area contributed by atoms with Crippen LogP contribution in [0.3, 0.4) is 0 Å².